The van der Waals surface area contributed by atoms with Crippen molar-refractivity contribution in [3.05, 3.63) is 35.9 Å². The molecule has 2 unspecified atom stereocenters. The van der Waals surface area contributed by atoms with E-state index in [9.17, 15) is 24.0 Å². The second kappa shape index (κ2) is 14.1. The summed E-state index contributed by atoms with van der Waals surface area (Å²) in [6.07, 6.45) is -0.675. The molecule has 1 aromatic carbocycles. The molecule has 0 spiro atoms. The van der Waals surface area contributed by atoms with Gasteiger partial charge in [0.1, 0.15) is 43.0 Å². The van der Waals surface area contributed by atoms with Crippen LogP contribution in [0.1, 0.15) is 59.9 Å². The van der Waals surface area contributed by atoms with E-state index in [1.54, 1.807) is 53.7 Å². The Balaban J connectivity index is 2.05. The number of nitrogens with zero attached hydrogens (tertiary/aromatic N) is 2. The summed E-state index contributed by atoms with van der Waals surface area (Å²) in [6, 6.07) is 7.05. The molecule has 3 N–H and O–H groups in total. The first-order valence-electron chi connectivity index (χ1n) is 13.3. The Morgan fingerprint density at radius 2 is 1.62 bits per heavy atom. The molecular weight excluding hydrogens is 520 g/mol. The fourth-order valence-corrected chi connectivity index (χ4v) is 3.96. The molecule has 3 amide bonds. The zero-order chi connectivity index (χ0) is 30.1. The topological polar surface area (TPSA) is 158 Å². The minimum absolute atomic E-state index is 0.0356. The number of hydrogen-bond acceptors (Lipinski definition) is 9. The molecule has 1 saturated heterocycles. The number of rotatable bonds is 10. The van der Waals surface area contributed by atoms with Crippen molar-refractivity contribution in [1.82, 2.24) is 15.1 Å². The number of alkyl carbamates (subject to hydrolysis) is 1. The summed E-state index contributed by atoms with van der Waals surface area (Å²) >= 11 is 0. The van der Waals surface area contributed by atoms with E-state index in [0.717, 1.165) is 5.56 Å². The Kier molecular flexibility index (Phi) is 11.5. The Labute approximate surface area is 235 Å². The summed E-state index contributed by atoms with van der Waals surface area (Å²) in [5.74, 6) is -2.19. The molecule has 12 nitrogen and oxygen atoms in total. The van der Waals surface area contributed by atoms with E-state index >= 15 is 0 Å². The molecule has 0 saturated carbocycles. The second-order valence-corrected chi connectivity index (χ2v) is 11.6. The van der Waals surface area contributed by atoms with Gasteiger partial charge in [0.05, 0.1) is 0 Å². The summed E-state index contributed by atoms with van der Waals surface area (Å²) in [5.41, 5.74) is 5.35. The van der Waals surface area contributed by atoms with Gasteiger partial charge in [0, 0.05) is 13.1 Å². The summed E-state index contributed by atoms with van der Waals surface area (Å²) in [4.78, 5) is 66.0. The zero-order valence-corrected chi connectivity index (χ0v) is 24.2. The van der Waals surface area contributed by atoms with Crippen molar-refractivity contribution in [3.8, 4) is 0 Å². The van der Waals surface area contributed by atoms with Crippen molar-refractivity contribution in [3.63, 3.8) is 0 Å². The second-order valence-electron chi connectivity index (χ2n) is 11.6. The highest BCUT2D eigenvalue weighted by Gasteiger charge is 2.39. The third kappa shape index (κ3) is 11.2. The van der Waals surface area contributed by atoms with Gasteiger partial charge in [0.2, 0.25) is 11.8 Å². The summed E-state index contributed by atoms with van der Waals surface area (Å²) in [5, 5.41) is 2.41. The molecule has 1 aromatic rings. The van der Waals surface area contributed by atoms with E-state index in [-0.39, 0.29) is 39.1 Å². The highest BCUT2D eigenvalue weighted by Crippen LogP contribution is 2.19. The molecule has 40 heavy (non-hydrogen) atoms. The summed E-state index contributed by atoms with van der Waals surface area (Å²) in [7, 11) is 0. The van der Waals surface area contributed by atoms with Crippen molar-refractivity contribution in [1.29, 1.82) is 0 Å². The molecule has 2 atom stereocenters. The van der Waals surface area contributed by atoms with E-state index < -0.39 is 59.7 Å². The van der Waals surface area contributed by atoms with Crippen LogP contribution in [0.5, 0.6) is 0 Å². The molecular formula is C28H42N4O8. The van der Waals surface area contributed by atoms with Gasteiger partial charge in [0.15, 0.2) is 0 Å². The van der Waals surface area contributed by atoms with Gasteiger partial charge in [-0.2, -0.15) is 0 Å². The Bertz CT molecular complexity index is 1050. The van der Waals surface area contributed by atoms with Gasteiger partial charge < -0.3 is 35.1 Å². The van der Waals surface area contributed by atoms with Crippen LogP contribution in [-0.2, 0) is 40.0 Å². The lowest BCUT2D eigenvalue weighted by Gasteiger charge is -2.40. The van der Waals surface area contributed by atoms with Gasteiger partial charge in [-0.25, -0.2) is 4.79 Å². The molecule has 12 heteroatoms. The van der Waals surface area contributed by atoms with Crippen molar-refractivity contribution in [2.75, 3.05) is 26.2 Å². The molecule has 0 radical (unpaired) electrons. The molecule has 2 rings (SSSR count). The number of esters is 2. The molecule has 1 fully saturated rings. The third-order valence-corrected chi connectivity index (χ3v) is 5.70. The molecule has 222 valence electrons. The SMILES string of the molecule is CC(C)(C)OC(=O)CN1CCN(C(=O)CNC(=O)OCc2ccccc2)C(CCC(N)C(=O)OC(C)(C)C)C1=O. The number of nitrogens with one attached hydrogen (secondary N) is 1. The van der Waals surface area contributed by atoms with Crippen LogP contribution in [0, 0.1) is 0 Å². The van der Waals surface area contributed by atoms with Crippen molar-refractivity contribution >= 4 is 29.8 Å². The van der Waals surface area contributed by atoms with Gasteiger partial charge in [-0.3, -0.25) is 19.2 Å². The Morgan fingerprint density at radius 3 is 2.23 bits per heavy atom. The highest BCUT2D eigenvalue weighted by atomic mass is 16.6. The number of piperazine rings is 1. The number of carbonyl (C=O) groups excluding carboxylic acids is 5. The maximum atomic E-state index is 13.4. The first kappa shape index (κ1) is 32.5. The Morgan fingerprint density at radius 1 is 1.00 bits per heavy atom. The lowest BCUT2D eigenvalue weighted by Crippen LogP contribution is -2.61. The molecule has 1 aliphatic heterocycles. The molecule has 0 bridgehead atoms. The van der Waals surface area contributed by atoms with Crippen molar-refractivity contribution in [2.45, 2.75) is 84.3 Å². The average Bonchev–Trinajstić information content (AvgIpc) is 2.84. The summed E-state index contributed by atoms with van der Waals surface area (Å²) in [6.45, 7) is 9.88. The van der Waals surface area contributed by atoms with Crippen molar-refractivity contribution < 1.29 is 38.2 Å². The average molecular weight is 563 g/mol. The van der Waals surface area contributed by atoms with Crippen LogP contribution in [0.4, 0.5) is 4.79 Å². The molecule has 0 aromatic heterocycles. The van der Waals surface area contributed by atoms with Crippen LogP contribution < -0.4 is 11.1 Å². The number of carbonyl (C=O) groups is 5. The van der Waals surface area contributed by atoms with E-state index in [0.29, 0.717) is 0 Å². The van der Waals surface area contributed by atoms with Crippen LogP contribution in [-0.4, -0.2) is 89.1 Å². The molecule has 0 aliphatic carbocycles. The minimum atomic E-state index is -1.02. The van der Waals surface area contributed by atoms with Crippen molar-refractivity contribution in [2.24, 2.45) is 5.73 Å². The number of benzene rings is 1. The lowest BCUT2D eigenvalue weighted by molar-refractivity contribution is -0.163. The van der Waals surface area contributed by atoms with E-state index in [1.807, 2.05) is 18.2 Å². The van der Waals surface area contributed by atoms with Crippen LogP contribution >= 0.6 is 0 Å². The normalized spacial score (nSPS) is 16.7. The quantitative estimate of drug-likeness (QED) is 0.320. The lowest BCUT2D eigenvalue weighted by atomic mass is 10.0. The van der Waals surface area contributed by atoms with E-state index in [4.69, 9.17) is 19.9 Å². The number of amides is 3. The van der Waals surface area contributed by atoms with Crippen LogP contribution in [0.2, 0.25) is 0 Å². The third-order valence-electron chi connectivity index (χ3n) is 5.70. The number of nitrogens with two attached hydrogens (primary N) is 1. The highest BCUT2D eigenvalue weighted by molar-refractivity contribution is 5.92. The van der Waals surface area contributed by atoms with Gasteiger partial charge in [-0.15, -0.1) is 0 Å². The minimum Gasteiger partial charge on any atom is -0.459 e. The number of ether oxygens (including phenoxy) is 3. The van der Waals surface area contributed by atoms with Gasteiger partial charge in [0.25, 0.3) is 0 Å². The van der Waals surface area contributed by atoms with E-state index in [1.165, 1.54) is 9.80 Å². The maximum Gasteiger partial charge on any atom is 0.407 e. The monoisotopic (exact) mass is 562 g/mol. The van der Waals surface area contributed by atoms with E-state index in [2.05, 4.69) is 5.32 Å². The predicted molar refractivity (Wildman–Crippen MR) is 146 cm³/mol. The van der Waals surface area contributed by atoms with Gasteiger partial charge >= 0.3 is 18.0 Å². The standard InChI is InChI=1S/C28H42N4O8/c1-27(2,3)39-23(34)17-31-14-15-32(21(24(31)35)13-12-20(29)25(36)40-28(4,5)6)22(33)16-30-26(37)38-18-19-10-8-7-9-11-19/h7-11,20-21H,12-18,29H2,1-6H3,(H,30,37). The number of hydrogen-bond donors (Lipinski definition) is 2. The smallest absolute Gasteiger partial charge is 0.407 e. The maximum absolute atomic E-state index is 13.4. The van der Waals surface area contributed by atoms with Gasteiger partial charge in [-0.05, 0) is 59.9 Å². The largest absolute Gasteiger partial charge is 0.459 e. The molecule has 1 heterocycles. The zero-order valence-electron chi connectivity index (χ0n) is 24.2. The van der Waals surface area contributed by atoms with Crippen LogP contribution in [0.25, 0.3) is 0 Å². The van der Waals surface area contributed by atoms with Crippen LogP contribution in [0.3, 0.4) is 0 Å². The summed E-state index contributed by atoms with van der Waals surface area (Å²) < 4.78 is 15.8. The van der Waals surface area contributed by atoms with Crippen LogP contribution in [0.15, 0.2) is 30.3 Å². The fraction of sp³-hybridized carbons (Fsp3) is 0.607. The predicted octanol–water partition coefficient (Wildman–Crippen LogP) is 1.74. The first-order chi connectivity index (χ1) is 18.6. The molecule has 1 aliphatic rings. The fourth-order valence-electron chi connectivity index (χ4n) is 3.96. The Hall–Kier alpha value is -3.67. The van der Waals surface area contributed by atoms with Gasteiger partial charge in [-0.1, -0.05) is 30.3 Å². The first-order valence-corrected chi connectivity index (χ1v) is 13.3.